The molecule has 0 aliphatic rings. The normalized spacial score (nSPS) is 12.8. The molecule has 0 aromatic carbocycles. The van der Waals surface area contributed by atoms with Crippen LogP contribution in [0.5, 0.6) is 0 Å². The Hall–Kier alpha value is -0.650. The SMILES string of the molecule is CCNC(Cc1ccsc1)Cc1c(Br)c(CC)nn1CC. The number of hydrogen-bond acceptors (Lipinski definition) is 3. The van der Waals surface area contributed by atoms with Gasteiger partial charge in [0.1, 0.15) is 0 Å². The minimum absolute atomic E-state index is 0.451. The zero-order chi connectivity index (χ0) is 15.2. The Morgan fingerprint density at radius 3 is 2.71 bits per heavy atom. The molecule has 0 spiro atoms. The quantitative estimate of drug-likeness (QED) is 0.760. The summed E-state index contributed by atoms with van der Waals surface area (Å²) < 4.78 is 3.33. The van der Waals surface area contributed by atoms with Crippen molar-refractivity contribution in [1.82, 2.24) is 15.1 Å². The van der Waals surface area contributed by atoms with Crippen LogP contribution in [0.1, 0.15) is 37.7 Å². The number of nitrogens with one attached hydrogen (secondary N) is 1. The zero-order valence-corrected chi connectivity index (χ0v) is 15.4. The summed E-state index contributed by atoms with van der Waals surface area (Å²) in [5.41, 5.74) is 3.90. The van der Waals surface area contributed by atoms with Crippen LogP contribution in [-0.2, 0) is 25.8 Å². The zero-order valence-electron chi connectivity index (χ0n) is 13.0. The third-order valence-electron chi connectivity index (χ3n) is 3.69. The number of likely N-dealkylation sites (N-methyl/N-ethyl adjacent to an activating group) is 1. The molecule has 1 unspecified atom stereocenters. The summed E-state index contributed by atoms with van der Waals surface area (Å²) in [6, 6.07) is 2.67. The lowest BCUT2D eigenvalue weighted by Crippen LogP contribution is -2.33. The molecule has 1 N–H and O–H groups in total. The smallest absolute Gasteiger partial charge is 0.0766 e. The molecule has 0 fully saturated rings. The van der Waals surface area contributed by atoms with E-state index in [9.17, 15) is 0 Å². The number of thiophene rings is 1. The molecule has 0 saturated heterocycles. The van der Waals surface area contributed by atoms with Gasteiger partial charge in [-0.1, -0.05) is 13.8 Å². The second-order valence-electron chi connectivity index (χ2n) is 5.17. The van der Waals surface area contributed by atoms with Gasteiger partial charge in [0.2, 0.25) is 0 Å². The first kappa shape index (κ1) is 16.7. The number of aryl methyl sites for hydroxylation is 2. The largest absolute Gasteiger partial charge is 0.314 e. The predicted molar refractivity (Wildman–Crippen MR) is 94.2 cm³/mol. The maximum absolute atomic E-state index is 4.70. The van der Waals surface area contributed by atoms with Crippen molar-refractivity contribution in [3.05, 3.63) is 38.3 Å². The van der Waals surface area contributed by atoms with E-state index >= 15 is 0 Å². The van der Waals surface area contributed by atoms with E-state index in [1.807, 2.05) is 0 Å². The fraction of sp³-hybridized carbons (Fsp3) is 0.562. The van der Waals surface area contributed by atoms with Crippen LogP contribution < -0.4 is 5.32 Å². The van der Waals surface area contributed by atoms with E-state index in [2.05, 4.69) is 63.5 Å². The van der Waals surface area contributed by atoms with Crippen molar-refractivity contribution in [2.24, 2.45) is 0 Å². The van der Waals surface area contributed by atoms with Crippen molar-refractivity contribution < 1.29 is 0 Å². The van der Waals surface area contributed by atoms with Gasteiger partial charge in [0.15, 0.2) is 0 Å². The molecule has 0 amide bonds. The predicted octanol–water partition coefficient (Wildman–Crippen LogP) is 4.05. The summed E-state index contributed by atoms with van der Waals surface area (Å²) in [6.07, 6.45) is 3.04. The van der Waals surface area contributed by atoms with E-state index in [0.29, 0.717) is 6.04 Å². The van der Waals surface area contributed by atoms with Crippen LogP contribution in [0.2, 0.25) is 0 Å². The van der Waals surface area contributed by atoms with Crippen LogP contribution in [0, 0.1) is 0 Å². The minimum atomic E-state index is 0.451. The van der Waals surface area contributed by atoms with Crippen molar-refractivity contribution >= 4 is 27.3 Å². The highest BCUT2D eigenvalue weighted by Gasteiger charge is 2.18. The lowest BCUT2D eigenvalue weighted by Gasteiger charge is -2.18. The Bertz CT molecular complexity index is 548. The molecule has 0 aliphatic heterocycles. The number of hydrogen-bond donors (Lipinski definition) is 1. The van der Waals surface area contributed by atoms with E-state index in [1.54, 1.807) is 11.3 Å². The molecular formula is C16H24BrN3S. The highest BCUT2D eigenvalue weighted by atomic mass is 79.9. The van der Waals surface area contributed by atoms with Crippen molar-refractivity contribution in [2.75, 3.05) is 6.54 Å². The Labute approximate surface area is 139 Å². The van der Waals surface area contributed by atoms with Gasteiger partial charge >= 0.3 is 0 Å². The third kappa shape index (κ3) is 4.18. The van der Waals surface area contributed by atoms with Crippen molar-refractivity contribution in [3.8, 4) is 0 Å². The third-order valence-corrected chi connectivity index (χ3v) is 5.34. The van der Waals surface area contributed by atoms with Gasteiger partial charge < -0.3 is 5.32 Å². The average molecular weight is 370 g/mol. The fourth-order valence-electron chi connectivity index (χ4n) is 2.64. The van der Waals surface area contributed by atoms with Gasteiger partial charge in [-0.3, -0.25) is 4.68 Å². The highest BCUT2D eigenvalue weighted by molar-refractivity contribution is 9.10. The highest BCUT2D eigenvalue weighted by Crippen LogP contribution is 2.24. The topological polar surface area (TPSA) is 29.9 Å². The average Bonchev–Trinajstić information content (AvgIpc) is 3.08. The molecule has 0 radical (unpaired) electrons. The maximum Gasteiger partial charge on any atom is 0.0766 e. The molecule has 0 saturated carbocycles. The first-order valence-corrected chi connectivity index (χ1v) is 9.41. The summed E-state index contributed by atoms with van der Waals surface area (Å²) in [5.74, 6) is 0. The van der Waals surface area contributed by atoms with Crippen LogP contribution in [0.4, 0.5) is 0 Å². The lowest BCUT2D eigenvalue weighted by molar-refractivity contribution is 0.495. The van der Waals surface area contributed by atoms with E-state index in [1.165, 1.54) is 15.7 Å². The van der Waals surface area contributed by atoms with E-state index in [0.717, 1.165) is 38.0 Å². The van der Waals surface area contributed by atoms with Crippen LogP contribution in [0.25, 0.3) is 0 Å². The molecule has 0 bridgehead atoms. The number of rotatable bonds is 8. The van der Waals surface area contributed by atoms with Crippen LogP contribution in [-0.4, -0.2) is 22.4 Å². The molecule has 2 aromatic heterocycles. The number of halogens is 1. The van der Waals surface area contributed by atoms with E-state index in [4.69, 9.17) is 5.10 Å². The molecule has 1 atom stereocenters. The van der Waals surface area contributed by atoms with Gasteiger partial charge in [-0.05, 0) is 64.6 Å². The Kier molecular flexibility index (Phi) is 6.45. The summed E-state index contributed by atoms with van der Waals surface area (Å²) >= 11 is 5.52. The van der Waals surface area contributed by atoms with Gasteiger partial charge in [0, 0.05) is 19.0 Å². The second kappa shape index (κ2) is 8.11. The van der Waals surface area contributed by atoms with E-state index < -0.39 is 0 Å². The first-order chi connectivity index (χ1) is 10.2. The molecule has 3 nitrogen and oxygen atoms in total. The molecule has 2 rings (SSSR count). The van der Waals surface area contributed by atoms with Crippen LogP contribution in [0.15, 0.2) is 21.3 Å². The monoisotopic (exact) mass is 369 g/mol. The summed E-state index contributed by atoms with van der Waals surface area (Å²) in [4.78, 5) is 0. The van der Waals surface area contributed by atoms with Crippen LogP contribution in [0.3, 0.4) is 0 Å². The molecule has 2 heterocycles. The second-order valence-corrected chi connectivity index (χ2v) is 6.74. The summed E-state index contributed by atoms with van der Waals surface area (Å²) in [7, 11) is 0. The maximum atomic E-state index is 4.70. The van der Waals surface area contributed by atoms with Gasteiger partial charge in [0.05, 0.1) is 15.9 Å². The van der Waals surface area contributed by atoms with Gasteiger partial charge in [-0.15, -0.1) is 0 Å². The molecular weight excluding hydrogens is 346 g/mol. The van der Waals surface area contributed by atoms with E-state index in [-0.39, 0.29) is 0 Å². The Balaban J connectivity index is 2.17. The van der Waals surface area contributed by atoms with Crippen molar-refractivity contribution in [1.29, 1.82) is 0 Å². The summed E-state index contributed by atoms with van der Waals surface area (Å²) in [5, 5.41) is 12.7. The standard InChI is InChI=1S/C16H24BrN3S/c1-4-14-16(17)15(20(6-3)19-14)10-13(18-5-2)9-12-7-8-21-11-12/h7-8,11,13,18H,4-6,9-10H2,1-3H3. The number of aromatic nitrogens is 2. The fourth-order valence-corrected chi connectivity index (χ4v) is 4.05. The van der Waals surface area contributed by atoms with Crippen molar-refractivity contribution in [2.45, 2.75) is 52.6 Å². The van der Waals surface area contributed by atoms with Gasteiger partial charge in [0.25, 0.3) is 0 Å². The molecule has 5 heteroatoms. The molecule has 21 heavy (non-hydrogen) atoms. The molecule has 116 valence electrons. The van der Waals surface area contributed by atoms with Crippen molar-refractivity contribution in [3.63, 3.8) is 0 Å². The van der Waals surface area contributed by atoms with Crippen LogP contribution >= 0.6 is 27.3 Å². The van der Waals surface area contributed by atoms with Gasteiger partial charge in [-0.25, -0.2) is 0 Å². The Morgan fingerprint density at radius 1 is 1.33 bits per heavy atom. The Morgan fingerprint density at radius 2 is 2.14 bits per heavy atom. The lowest BCUT2D eigenvalue weighted by atomic mass is 10.0. The summed E-state index contributed by atoms with van der Waals surface area (Å²) in [6.45, 7) is 8.40. The first-order valence-electron chi connectivity index (χ1n) is 7.68. The molecule has 2 aromatic rings. The van der Waals surface area contributed by atoms with Gasteiger partial charge in [-0.2, -0.15) is 16.4 Å². The molecule has 0 aliphatic carbocycles. The minimum Gasteiger partial charge on any atom is -0.314 e. The number of nitrogens with zero attached hydrogens (tertiary/aromatic N) is 2.